The maximum absolute atomic E-state index is 13.3. The van der Waals surface area contributed by atoms with E-state index in [1.165, 1.54) is 18.2 Å². The average Bonchev–Trinajstić information content (AvgIpc) is 2.56. The van der Waals surface area contributed by atoms with Crippen LogP contribution in [0.1, 0.15) is 5.56 Å². The SMILES string of the molecule is Fc1cccc(Nc2nc(Nc3ccc(Br)cc3)ncc2C(F)(F)F)c1. The van der Waals surface area contributed by atoms with Gasteiger partial charge in [-0.2, -0.15) is 18.2 Å². The summed E-state index contributed by atoms with van der Waals surface area (Å²) >= 11 is 3.29. The number of hydrogen-bond acceptors (Lipinski definition) is 4. The van der Waals surface area contributed by atoms with Crippen LogP contribution in [0.5, 0.6) is 0 Å². The largest absolute Gasteiger partial charge is 0.421 e. The van der Waals surface area contributed by atoms with E-state index in [-0.39, 0.29) is 11.6 Å². The molecule has 0 radical (unpaired) electrons. The maximum Gasteiger partial charge on any atom is 0.421 e. The first-order chi connectivity index (χ1) is 12.3. The van der Waals surface area contributed by atoms with Crippen LogP contribution < -0.4 is 10.6 Å². The first-order valence-electron chi connectivity index (χ1n) is 7.31. The van der Waals surface area contributed by atoms with Crippen molar-refractivity contribution >= 4 is 39.1 Å². The van der Waals surface area contributed by atoms with Crippen molar-refractivity contribution in [2.24, 2.45) is 0 Å². The summed E-state index contributed by atoms with van der Waals surface area (Å²) in [6, 6.07) is 12.0. The zero-order valence-corrected chi connectivity index (χ0v) is 14.6. The van der Waals surface area contributed by atoms with Gasteiger partial charge in [0.05, 0.1) is 0 Å². The van der Waals surface area contributed by atoms with Crippen LogP contribution in [0.3, 0.4) is 0 Å². The van der Waals surface area contributed by atoms with Gasteiger partial charge in [-0.3, -0.25) is 0 Å². The number of aromatic nitrogens is 2. The van der Waals surface area contributed by atoms with Crippen LogP contribution >= 0.6 is 15.9 Å². The van der Waals surface area contributed by atoms with E-state index in [4.69, 9.17) is 0 Å². The molecule has 1 aromatic heterocycles. The van der Waals surface area contributed by atoms with Crippen molar-refractivity contribution in [3.8, 4) is 0 Å². The van der Waals surface area contributed by atoms with Crippen molar-refractivity contribution in [3.05, 3.63) is 70.6 Å². The Balaban J connectivity index is 1.94. The molecule has 0 saturated carbocycles. The molecule has 0 bridgehead atoms. The molecule has 9 heteroatoms. The summed E-state index contributed by atoms with van der Waals surface area (Å²) < 4.78 is 53.8. The molecule has 3 rings (SSSR count). The fourth-order valence-corrected chi connectivity index (χ4v) is 2.37. The highest BCUT2D eigenvalue weighted by molar-refractivity contribution is 9.10. The van der Waals surface area contributed by atoms with E-state index < -0.39 is 23.4 Å². The molecule has 4 nitrogen and oxygen atoms in total. The highest BCUT2D eigenvalue weighted by atomic mass is 79.9. The van der Waals surface area contributed by atoms with Crippen molar-refractivity contribution in [2.75, 3.05) is 10.6 Å². The number of benzene rings is 2. The van der Waals surface area contributed by atoms with Crippen LogP contribution in [-0.4, -0.2) is 9.97 Å². The van der Waals surface area contributed by atoms with Crippen LogP contribution in [0.15, 0.2) is 59.2 Å². The highest BCUT2D eigenvalue weighted by Gasteiger charge is 2.35. The minimum absolute atomic E-state index is 0.0285. The Morgan fingerprint density at radius 2 is 1.65 bits per heavy atom. The van der Waals surface area contributed by atoms with Gasteiger partial charge in [-0.15, -0.1) is 0 Å². The second-order valence-electron chi connectivity index (χ2n) is 5.22. The Labute approximate surface area is 154 Å². The summed E-state index contributed by atoms with van der Waals surface area (Å²) in [6.45, 7) is 0. The van der Waals surface area contributed by atoms with Gasteiger partial charge in [0.2, 0.25) is 5.95 Å². The van der Waals surface area contributed by atoms with Gasteiger partial charge in [0.25, 0.3) is 0 Å². The Hall–Kier alpha value is -2.68. The van der Waals surface area contributed by atoms with Crippen LogP contribution in [0.4, 0.5) is 40.7 Å². The van der Waals surface area contributed by atoms with Crippen molar-refractivity contribution in [3.63, 3.8) is 0 Å². The number of anilines is 4. The number of nitrogens with one attached hydrogen (secondary N) is 2. The lowest BCUT2D eigenvalue weighted by Crippen LogP contribution is -2.12. The Bertz CT molecular complexity index is 913. The quantitative estimate of drug-likeness (QED) is 0.511. The molecular formula is C17H11BrF4N4. The molecule has 0 spiro atoms. The monoisotopic (exact) mass is 426 g/mol. The standard InChI is InChI=1S/C17H11BrF4N4/c18-10-4-6-12(7-5-10)25-16-23-9-14(17(20,21)22)15(26-16)24-13-3-1-2-11(19)8-13/h1-9H,(H2,23,24,25,26). The topological polar surface area (TPSA) is 49.8 Å². The molecule has 0 amide bonds. The van der Waals surface area contributed by atoms with Crippen molar-refractivity contribution < 1.29 is 17.6 Å². The zero-order chi connectivity index (χ0) is 18.7. The summed E-state index contributed by atoms with van der Waals surface area (Å²) in [7, 11) is 0. The van der Waals surface area contributed by atoms with Crippen LogP contribution in [0.2, 0.25) is 0 Å². The number of hydrogen-bond donors (Lipinski definition) is 2. The lowest BCUT2D eigenvalue weighted by Gasteiger charge is -2.15. The van der Waals surface area contributed by atoms with Gasteiger partial charge in [0.1, 0.15) is 17.2 Å². The van der Waals surface area contributed by atoms with Gasteiger partial charge in [-0.05, 0) is 42.5 Å². The van der Waals surface area contributed by atoms with Gasteiger partial charge in [0, 0.05) is 22.0 Å². The summed E-state index contributed by atoms with van der Waals surface area (Å²) in [4.78, 5) is 7.61. The van der Waals surface area contributed by atoms with Crippen LogP contribution in [0, 0.1) is 5.82 Å². The number of rotatable bonds is 4. The Morgan fingerprint density at radius 1 is 0.923 bits per heavy atom. The third-order valence-corrected chi connectivity index (χ3v) is 3.81. The third kappa shape index (κ3) is 4.48. The summed E-state index contributed by atoms with van der Waals surface area (Å²) in [6.07, 6.45) is -3.98. The van der Waals surface area contributed by atoms with Gasteiger partial charge in [-0.1, -0.05) is 22.0 Å². The van der Waals surface area contributed by atoms with Crippen LogP contribution in [-0.2, 0) is 6.18 Å². The minimum atomic E-state index is -4.66. The summed E-state index contributed by atoms with van der Waals surface area (Å²) in [5, 5.41) is 5.32. The molecule has 134 valence electrons. The zero-order valence-electron chi connectivity index (χ0n) is 13.0. The summed E-state index contributed by atoms with van der Waals surface area (Å²) in [5.41, 5.74) is -0.309. The molecule has 0 unspecified atom stereocenters. The highest BCUT2D eigenvalue weighted by Crippen LogP contribution is 2.35. The van der Waals surface area contributed by atoms with E-state index in [9.17, 15) is 17.6 Å². The Morgan fingerprint density at radius 3 is 2.31 bits per heavy atom. The van der Waals surface area contributed by atoms with Gasteiger partial charge in [0.15, 0.2) is 0 Å². The predicted octanol–water partition coefficient (Wildman–Crippen LogP) is 5.88. The molecule has 0 aliphatic heterocycles. The molecule has 0 saturated heterocycles. The first-order valence-corrected chi connectivity index (χ1v) is 8.10. The van der Waals surface area contributed by atoms with Crippen molar-refractivity contribution in [1.29, 1.82) is 0 Å². The molecule has 0 aliphatic rings. The maximum atomic E-state index is 13.3. The van der Waals surface area contributed by atoms with E-state index in [1.807, 2.05) is 0 Å². The molecule has 3 aromatic rings. The minimum Gasteiger partial charge on any atom is -0.339 e. The van der Waals surface area contributed by atoms with E-state index >= 15 is 0 Å². The fraction of sp³-hybridized carbons (Fsp3) is 0.0588. The molecule has 2 N–H and O–H groups in total. The van der Waals surface area contributed by atoms with Crippen molar-refractivity contribution in [2.45, 2.75) is 6.18 Å². The molecule has 1 heterocycles. The van der Waals surface area contributed by atoms with Crippen LogP contribution in [0.25, 0.3) is 0 Å². The second kappa shape index (κ2) is 7.28. The first kappa shape index (κ1) is 18.1. The van der Waals surface area contributed by atoms with E-state index in [2.05, 4.69) is 36.5 Å². The molecule has 26 heavy (non-hydrogen) atoms. The molecule has 0 atom stereocenters. The summed E-state index contributed by atoms with van der Waals surface area (Å²) in [5.74, 6) is -1.08. The normalized spacial score (nSPS) is 11.3. The number of halogens is 5. The van der Waals surface area contributed by atoms with E-state index in [1.54, 1.807) is 24.3 Å². The van der Waals surface area contributed by atoms with Gasteiger partial charge >= 0.3 is 6.18 Å². The van der Waals surface area contributed by atoms with E-state index in [0.29, 0.717) is 11.9 Å². The molecule has 2 aromatic carbocycles. The van der Waals surface area contributed by atoms with Gasteiger partial charge < -0.3 is 10.6 Å². The lowest BCUT2D eigenvalue weighted by atomic mass is 10.2. The molecular weight excluding hydrogens is 416 g/mol. The fourth-order valence-electron chi connectivity index (χ4n) is 2.11. The van der Waals surface area contributed by atoms with E-state index in [0.717, 1.165) is 10.5 Å². The number of alkyl halides is 3. The number of nitrogens with zero attached hydrogens (tertiary/aromatic N) is 2. The van der Waals surface area contributed by atoms with Gasteiger partial charge in [-0.25, -0.2) is 9.37 Å². The second-order valence-corrected chi connectivity index (χ2v) is 6.14. The Kier molecular flexibility index (Phi) is 5.08. The smallest absolute Gasteiger partial charge is 0.339 e. The van der Waals surface area contributed by atoms with Crippen molar-refractivity contribution in [1.82, 2.24) is 9.97 Å². The average molecular weight is 427 g/mol. The third-order valence-electron chi connectivity index (χ3n) is 3.28. The molecule has 0 aliphatic carbocycles. The lowest BCUT2D eigenvalue weighted by molar-refractivity contribution is -0.137. The molecule has 0 fully saturated rings. The predicted molar refractivity (Wildman–Crippen MR) is 94.1 cm³/mol.